The lowest BCUT2D eigenvalue weighted by molar-refractivity contribution is 0.311. The van der Waals surface area contributed by atoms with Gasteiger partial charge in [-0.1, -0.05) is 19.9 Å². The third-order valence-corrected chi connectivity index (χ3v) is 3.80. The second kappa shape index (κ2) is 5.16. The Kier molecular flexibility index (Phi) is 3.35. The van der Waals surface area contributed by atoms with E-state index in [0.717, 1.165) is 35.8 Å². The highest BCUT2D eigenvalue weighted by Gasteiger charge is 2.15. The molecule has 0 amide bonds. The topological polar surface area (TPSA) is 25.4 Å². The third-order valence-electron chi connectivity index (χ3n) is 3.80. The Bertz CT molecular complexity index is 622. The van der Waals surface area contributed by atoms with Gasteiger partial charge >= 0.3 is 0 Å². The summed E-state index contributed by atoms with van der Waals surface area (Å²) in [5.41, 5.74) is 4.59. The zero-order valence-corrected chi connectivity index (χ0v) is 12.3. The smallest absolute Gasteiger partial charge is 0.143 e. The summed E-state index contributed by atoms with van der Waals surface area (Å²) in [6.45, 7) is 6.08. The fraction of sp³-hybridized carbons (Fsp3) is 0.353. The van der Waals surface area contributed by atoms with Gasteiger partial charge in [-0.25, -0.2) is 0 Å². The lowest BCUT2D eigenvalue weighted by Crippen LogP contribution is -2.28. The van der Waals surface area contributed by atoms with E-state index in [9.17, 15) is 0 Å². The standard InChI is InChI=1S/C17H20N2O/c1-12(2)13-6-7-18-15(10-13)14-4-5-16-17(11-14)20-9-8-19(16)3/h4-7,10-12H,8-9H2,1-3H3. The van der Waals surface area contributed by atoms with Gasteiger partial charge in [-0.05, 0) is 35.7 Å². The predicted molar refractivity (Wildman–Crippen MR) is 82.5 cm³/mol. The number of hydrogen-bond donors (Lipinski definition) is 0. The maximum Gasteiger partial charge on any atom is 0.143 e. The molecule has 0 N–H and O–H groups in total. The first-order valence-electron chi connectivity index (χ1n) is 7.09. The van der Waals surface area contributed by atoms with Crippen LogP contribution in [0, 0.1) is 0 Å². The Morgan fingerprint density at radius 3 is 2.85 bits per heavy atom. The SMILES string of the molecule is CC(C)c1ccnc(-c2ccc3c(c2)OCCN3C)c1. The second-order valence-electron chi connectivity index (χ2n) is 5.58. The van der Waals surface area contributed by atoms with Gasteiger partial charge in [0, 0.05) is 18.8 Å². The number of aromatic nitrogens is 1. The number of benzene rings is 1. The number of pyridine rings is 1. The van der Waals surface area contributed by atoms with Crippen molar-refractivity contribution in [3.05, 3.63) is 42.1 Å². The number of ether oxygens (including phenoxy) is 1. The van der Waals surface area contributed by atoms with E-state index in [1.165, 1.54) is 5.56 Å². The molecule has 1 aromatic heterocycles. The molecule has 0 saturated carbocycles. The van der Waals surface area contributed by atoms with E-state index in [0.29, 0.717) is 5.92 Å². The van der Waals surface area contributed by atoms with Gasteiger partial charge < -0.3 is 9.64 Å². The van der Waals surface area contributed by atoms with Crippen LogP contribution in [0.25, 0.3) is 11.3 Å². The molecule has 0 atom stereocenters. The zero-order chi connectivity index (χ0) is 14.1. The first-order valence-corrected chi connectivity index (χ1v) is 7.09. The monoisotopic (exact) mass is 268 g/mol. The first kappa shape index (κ1) is 13.0. The van der Waals surface area contributed by atoms with Gasteiger partial charge in [-0.3, -0.25) is 4.98 Å². The van der Waals surface area contributed by atoms with E-state index in [2.05, 4.69) is 61.1 Å². The van der Waals surface area contributed by atoms with Crippen LogP contribution in [0.2, 0.25) is 0 Å². The van der Waals surface area contributed by atoms with Gasteiger partial charge in [0.25, 0.3) is 0 Å². The molecule has 3 nitrogen and oxygen atoms in total. The van der Waals surface area contributed by atoms with E-state index in [1.807, 2.05) is 6.20 Å². The normalized spacial score (nSPS) is 14.1. The summed E-state index contributed by atoms with van der Waals surface area (Å²) in [6.07, 6.45) is 1.89. The van der Waals surface area contributed by atoms with Gasteiger partial charge in [0.2, 0.25) is 0 Å². The number of likely N-dealkylation sites (N-methyl/N-ethyl adjacent to an activating group) is 1. The quantitative estimate of drug-likeness (QED) is 0.830. The minimum Gasteiger partial charge on any atom is -0.490 e. The molecular weight excluding hydrogens is 248 g/mol. The molecule has 2 aromatic rings. The second-order valence-corrected chi connectivity index (χ2v) is 5.58. The van der Waals surface area contributed by atoms with Crippen LogP contribution >= 0.6 is 0 Å². The van der Waals surface area contributed by atoms with Crippen LogP contribution in [-0.4, -0.2) is 25.2 Å². The number of anilines is 1. The van der Waals surface area contributed by atoms with E-state index in [4.69, 9.17) is 4.74 Å². The molecule has 0 unspecified atom stereocenters. The van der Waals surface area contributed by atoms with Gasteiger partial charge in [0.15, 0.2) is 0 Å². The first-order chi connectivity index (χ1) is 9.65. The van der Waals surface area contributed by atoms with Crippen LogP contribution in [0.5, 0.6) is 5.75 Å². The van der Waals surface area contributed by atoms with Crippen LogP contribution < -0.4 is 9.64 Å². The summed E-state index contributed by atoms with van der Waals surface area (Å²) < 4.78 is 5.76. The van der Waals surface area contributed by atoms with Crippen LogP contribution in [-0.2, 0) is 0 Å². The molecule has 104 valence electrons. The van der Waals surface area contributed by atoms with Crippen molar-refractivity contribution >= 4 is 5.69 Å². The molecule has 0 fully saturated rings. The molecule has 0 bridgehead atoms. The van der Waals surface area contributed by atoms with Crippen molar-refractivity contribution in [1.82, 2.24) is 4.98 Å². The Balaban J connectivity index is 2.00. The van der Waals surface area contributed by atoms with Crippen molar-refractivity contribution in [1.29, 1.82) is 0 Å². The molecule has 0 spiro atoms. The summed E-state index contributed by atoms with van der Waals surface area (Å²) in [5, 5.41) is 0. The van der Waals surface area contributed by atoms with Crippen molar-refractivity contribution in [3.63, 3.8) is 0 Å². The average Bonchev–Trinajstić information content (AvgIpc) is 2.47. The van der Waals surface area contributed by atoms with Gasteiger partial charge in [-0.2, -0.15) is 0 Å². The van der Waals surface area contributed by atoms with E-state index < -0.39 is 0 Å². The number of fused-ring (bicyclic) bond motifs is 1. The molecule has 1 aliphatic heterocycles. The maximum absolute atomic E-state index is 5.76. The van der Waals surface area contributed by atoms with E-state index >= 15 is 0 Å². The fourth-order valence-electron chi connectivity index (χ4n) is 2.48. The minimum absolute atomic E-state index is 0.511. The van der Waals surface area contributed by atoms with Crippen LogP contribution in [0.1, 0.15) is 25.3 Å². The summed E-state index contributed by atoms with van der Waals surface area (Å²) >= 11 is 0. The molecule has 20 heavy (non-hydrogen) atoms. The molecule has 1 aromatic carbocycles. The van der Waals surface area contributed by atoms with Crippen molar-refractivity contribution in [2.45, 2.75) is 19.8 Å². The van der Waals surface area contributed by atoms with Crippen molar-refractivity contribution in [3.8, 4) is 17.0 Å². The van der Waals surface area contributed by atoms with Gasteiger partial charge in [0.05, 0.1) is 17.9 Å². The maximum atomic E-state index is 5.76. The van der Waals surface area contributed by atoms with Crippen LogP contribution in [0.15, 0.2) is 36.5 Å². The van der Waals surface area contributed by atoms with Crippen LogP contribution in [0.4, 0.5) is 5.69 Å². The molecule has 3 rings (SSSR count). The Labute approximate surface area is 120 Å². The van der Waals surface area contributed by atoms with Crippen molar-refractivity contribution < 1.29 is 4.74 Å². The van der Waals surface area contributed by atoms with E-state index in [-0.39, 0.29) is 0 Å². The summed E-state index contributed by atoms with van der Waals surface area (Å²) in [6, 6.07) is 10.6. The number of rotatable bonds is 2. The predicted octanol–water partition coefficient (Wildman–Crippen LogP) is 3.70. The van der Waals surface area contributed by atoms with Gasteiger partial charge in [0.1, 0.15) is 12.4 Å². The van der Waals surface area contributed by atoms with Crippen LogP contribution in [0.3, 0.4) is 0 Å². The summed E-state index contributed by atoms with van der Waals surface area (Å²) in [4.78, 5) is 6.71. The summed E-state index contributed by atoms with van der Waals surface area (Å²) in [5.74, 6) is 1.46. The highest BCUT2D eigenvalue weighted by Crippen LogP contribution is 2.34. The minimum atomic E-state index is 0.511. The fourth-order valence-corrected chi connectivity index (χ4v) is 2.48. The Hall–Kier alpha value is -2.03. The molecule has 3 heteroatoms. The molecule has 0 aliphatic carbocycles. The number of nitrogens with zero attached hydrogens (tertiary/aromatic N) is 2. The zero-order valence-electron chi connectivity index (χ0n) is 12.3. The molecule has 1 aliphatic rings. The lowest BCUT2D eigenvalue weighted by atomic mass is 10.0. The molecular formula is C17H20N2O. The summed E-state index contributed by atoms with van der Waals surface area (Å²) in [7, 11) is 2.10. The van der Waals surface area contributed by atoms with E-state index in [1.54, 1.807) is 0 Å². The molecule has 2 heterocycles. The van der Waals surface area contributed by atoms with Crippen molar-refractivity contribution in [2.24, 2.45) is 0 Å². The Morgan fingerprint density at radius 2 is 2.05 bits per heavy atom. The lowest BCUT2D eigenvalue weighted by Gasteiger charge is -2.27. The average molecular weight is 268 g/mol. The third kappa shape index (κ3) is 2.36. The van der Waals surface area contributed by atoms with Gasteiger partial charge in [-0.15, -0.1) is 0 Å². The molecule has 0 saturated heterocycles. The van der Waals surface area contributed by atoms with Crippen molar-refractivity contribution in [2.75, 3.05) is 25.1 Å². The highest BCUT2D eigenvalue weighted by molar-refractivity contribution is 5.70. The number of hydrogen-bond acceptors (Lipinski definition) is 3. The Morgan fingerprint density at radius 1 is 1.20 bits per heavy atom. The largest absolute Gasteiger partial charge is 0.490 e. The molecule has 0 radical (unpaired) electrons. The highest BCUT2D eigenvalue weighted by atomic mass is 16.5.